The van der Waals surface area contributed by atoms with Gasteiger partial charge in [0, 0.05) is 119 Å². The standard InChI is InChI=1S/C68H89F2N9O7Si/c1-44(2)87(45(3)4,46(5)6)34-18-52-55(69)14-13-49-35-51(86-43-84-9)37-53(58(49)52)60-59(70)61-54(38-71-60)62(78-26-10-19-66(8,83)40-78)74-64(73-61)85-42-68(22-23-68)41-76-32-30-75(31-33-76)39-48-15-20-67(21-16-48)24-28-77(29-25-67)63(81)50-12-11-47(7)56(36-50)79-27-17-57(80)72-65(79)82/h11-14,35-38,44-46,48,83H,10,15-17,19-33,39-43H2,1-9H3,(H,72,80,82)/t66-/m1/s1. The lowest BCUT2D eigenvalue weighted by molar-refractivity contribution is -0.120. The van der Waals surface area contributed by atoms with Crippen LogP contribution in [0.3, 0.4) is 0 Å². The molecular weight excluding hydrogens is 1120 g/mol. The van der Waals surface area contributed by atoms with Crippen molar-refractivity contribution in [1.29, 1.82) is 0 Å². The van der Waals surface area contributed by atoms with E-state index in [1.165, 1.54) is 38.9 Å². The molecule has 466 valence electrons. The van der Waals surface area contributed by atoms with Crippen molar-refractivity contribution in [2.24, 2.45) is 16.7 Å². The van der Waals surface area contributed by atoms with Gasteiger partial charge in [-0.25, -0.2) is 13.6 Å². The van der Waals surface area contributed by atoms with Crippen molar-refractivity contribution >= 4 is 59.1 Å². The van der Waals surface area contributed by atoms with Crippen LogP contribution in [0.15, 0.2) is 48.7 Å². The average Bonchev–Trinajstić information content (AvgIpc) is 1.25. The van der Waals surface area contributed by atoms with Crippen LogP contribution in [0, 0.1) is 46.8 Å². The largest absolute Gasteiger partial charge is 0.468 e. The summed E-state index contributed by atoms with van der Waals surface area (Å²) in [6, 6.07) is 11.7. The number of pyridine rings is 1. The fourth-order valence-corrected chi connectivity index (χ4v) is 20.5. The second-order valence-corrected chi connectivity index (χ2v) is 33.2. The third-order valence-electron chi connectivity index (χ3n) is 20.6. The number of aryl methyl sites for hydroxylation is 1. The number of imide groups is 1. The lowest BCUT2D eigenvalue weighted by atomic mass is 9.65. The molecule has 2 aromatic heterocycles. The van der Waals surface area contributed by atoms with Gasteiger partial charge < -0.3 is 38.9 Å². The van der Waals surface area contributed by atoms with Gasteiger partial charge >= 0.3 is 12.0 Å². The number of methoxy groups -OCH3 is 1. The average molecular weight is 1210 g/mol. The number of anilines is 2. The second kappa shape index (κ2) is 25.3. The highest BCUT2D eigenvalue weighted by Crippen LogP contribution is 2.49. The number of piperidine rings is 2. The Morgan fingerprint density at radius 2 is 1.56 bits per heavy atom. The topological polar surface area (TPSA) is 166 Å². The first kappa shape index (κ1) is 62.3. The van der Waals surface area contributed by atoms with Crippen molar-refractivity contribution < 1.29 is 42.5 Å². The van der Waals surface area contributed by atoms with Crippen LogP contribution in [0.4, 0.5) is 25.1 Å². The smallest absolute Gasteiger partial charge is 0.328 e. The molecule has 1 spiro atoms. The van der Waals surface area contributed by atoms with E-state index in [9.17, 15) is 19.5 Å². The Bertz CT molecular complexity index is 3440. The van der Waals surface area contributed by atoms with E-state index in [1.807, 2.05) is 35.8 Å². The Balaban J connectivity index is 0.753. The number of hydrogen-bond acceptors (Lipinski definition) is 13. The van der Waals surface area contributed by atoms with E-state index in [0.717, 1.165) is 83.6 Å². The molecule has 5 aromatic rings. The molecule has 0 unspecified atom stereocenters. The van der Waals surface area contributed by atoms with Crippen molar-refractivity contribution in [3.05, 3.63) is 77.0 Å². The SMILES string of the molecule is COCOc1cc(-c2ncc3c(N4CCC[C@@](C)(O)C4)nc(OCC4(CN5CCN(CC6CCC7(CC6)CCN(C(=O)c6ccc(C)c(N8CCC(=O)NC8=O)c6)CC7)CC5)CC4)nc3c2F)c2c(C#C[Si](C(C)C)(C(C)C)C(C)C)c(F)ccc2c1. The van der Waals surface area contributed by atoms with Gasteiger partial charge in [-0.2, -0.15) is 9.97 Å². The Morgan fingerprint density at radius 1 is 0.851 bits per heavy atom. The summed E-state index contributed by atoms with van der Waals surface area (Å²) in [6.07, 6.45) is 12.0. The molecular formula is C68H89F2N9O7Si. The van der Waals surface area contributed by atoms with Gasteiger partial charge in [-0.05, 0) is 147 Å². The minimum absolute atomic E-state index is 0.00378. The quantitative estimate of drug-likeness (QED) is 0.0514. The number of urea groups is 1. The van der Waals surface area contributed by atoms with Crippen LogP contribution in [0.25, 0.3) is 32.9 Å². The van der Waals surface area contributed by atoms with E-state index in [0.29, 0.717) is 99.6 Å². The van der Waals surface area contributed by atoms with Crippen LogP contribution in [-0.2, 0) is 9.53 Å². The number of likely N-dealkylation sites (tertiary alicyclic amines) is 1. The maximum Gasteiger partial charge on any atom is 0.328 e. The first-order chi connectivity index (χ1) is 41.6. The number of aliphatic hydroxyl groups is 1. The molecule has 6 fully saturated rings. The zero-order valence-electron chi connectivity index (χ0n) is 52.6. The number of β-amino-alcohol motifs (C(OH)–C–C–N with tert-alkyl or cyclic N) is 1. The van der Waals surface area contributed by atoms with Crippen LogP contribution in [0.2, 0.25) is 16.6 Å². The summed E-state index contributed by atoms with van der Waals surface area (Å²) in [5.74, 6) is 3.37. The number of piperazine rings is 1. The number of amides is 4. The van der Waals surface area contributed by atoms with E-state index in [1.54, 1.807) is 35.4 Å². The van der Waals surface area contributed by atoms with E-state index in [2.05, 4.69) is 68.1 Å². The minimum atomic E-state index is -2.33. The zero-order chi connectivity index (χ0) is 61.6. The predicted molar refractivity (Wildman–Crippen MR) is 339 cm³/mol. The number of ether oxygens (including phenoxy) is 3. The molecule has 1 atom stereocenters. The number of hydrogen-bond donors (Lipinski definition) is 2. The Morgan fingerprint density at radius 3 is 2.23 bits per heavy atom. The van der Waals surface area contributed by atoms with E-state index in [4.69, 9.17) is 29.2 Å². The monoisotopic (exact) mass is 1210 g/mol. The fourth-order valence-electron chi connectivity index (χ4n) is 15.3. The molecule has 16 nitrogen and oxygen atoms in total. The molecule has 11 rings (SSSR count). The summed E-state index contributed by atoms with van der Waals surface area (Å²) in [5.41, 5.74) is 6.43. The van der Waals surface area contributed by atoms with Gasteiger partial charge in [0.15, 0.2) is 12.6 Å². The van der Waals surface area contributed by atoms with Crippen LogP contribution in [-0.4, -0.2) is 159 Å². The van der Waals surface area contributed by atoms with Crippen molar-refractivity contribution in [3.8, 4) is 34.5 Å². The predicted octanol–water partition coefficient (Wildman–Crippen LogP) is 11.7. The summed E-state index contributed by atoms with van der Waals surface area (Å²) < 4.78 is 52.4. The van der Waals surface area contributed by atoms with E-state index < -0.39 is 31.3 Å². The first-order valence-electron chi connectivity index (χ1n) is 31.9. The number of fused-ring (bicyclic) bond motifs is 2. The number of aromatic nitrogens is 3. The molecule has 0 bridgehead atoms. The molecule has 87 heavy (non-hydrogen) atoms. The van der Waals surface area contributed by atoms with E-state index >= 15 is 8.78 Å². The minimum Gasteiger partial charge on any atom is -0.468 e. The van der Waals surface area contributed by atoms with Crippen LogP contribution in [0.1, 0.15) is 141 Å². The molecule has 4 amide bonds. The molecule has 6 heterocycles. The van der Waals surface area contributed by atoms with Gasteiger partial charge in [0.1, 0.15) is 36.7 Å². The second-order valence-electron chi connectivity index (χ2n) is 27.6. The number of halogens is 2. The zero-order valence-corrected chi connectivity index (χ0v) is 53.6. The van der Waals surface area contributed by atoms with Gasteiger partial charge in [-0.1, -0.05) is 59.6 Å². The molecule has 4 aliphatic heterocycles. The number of rotatable bonds is 17. The molecule has 6 aliphatic rings. The van der Waals surface area contributed by atoms with Gasteiger partial charge in [-0.3, -0.25) is 24.8 Å². The summed E-state index contributed by atoms with van der Waals surface area (Å²) >= 11 is 0. The lowest BCUT2D eigenvalue weighted by Crippen LogP contribution is -2.50. The van der Waals surface area contributed by atoms with Crippen LogP contribution >= 0.6 is 0 Å². The van der Waals surface area contributed by atoms with E-state index in [-0.39, 0.29) is 65.2 Å². The molecule has 2 saturated carbocycles. The fraction of sp³-hybridized carbons (Fsp3) is 0.588. The van der Waals surface area contributed by atoms with Crippen LogP contribution in [0.5, 0.6) is 11.8 Å². The van der Waals surface area contributed by atoms with Gasteiger partial charge in [0.2, 0.25) is 5.91 Å². The van der Waals surface area contributed by atoms with Gasteiger partial charge in [0.05, 0.1) is 23.2 Å². The molecule has 19 heteroatoms. The number of carbonyl (C=O) groups is 3. The number of carbonyl (C=O) groups excluding carboxylic acids is 3. The highest BCUT2D eigenvalue weighted by atomic mass is 28.3. The van der Waals surface area contributed by atoms with Crippen LogP contribution < -0.4 is 24.6 Å². The Hall–Kier alpha value is -6.30. The summed E-state index contributed by atoms with van der Waals surface area (Å²) in [5, 5.41) is 15.2. The molecule has 2 N–H and O–H groups in total. The van der Waals surface area contributed by atoms with Crippen molar-refractivity contribution in [3.63, 3.8) is 0 Å². The van der Waals surface area contributed by atoms with Crippen molar-refractivity contribution in [2.75, 3.05) is 102 Å². The summed E-state index contributed by atoms with van der Waals surface area (Å²) in [4.78, 5) is 63.6. The maximum atomic E-state index is 18.0. The highest BCUT2D eigenvalue weighted by molar-refractivity contribution is 6.90. The third-order valence-corrected chi connectivity index (χ3v) is 26.9. The van der Waals surface area contributed by atoms with Crippen molar-refractivity contribution in [1.82, 2.24) is 35.0 Å². The summed E-state index contributed by atoms with van der Waals surface area (Å²) in [7, 11) is -0.803. The Kier molecular flexibility index (Phi) is 18.1. The maximum absolute atomic E-state index is 18.0. The van der Waals surface area contributed by atoms with Crippen molar-refractivity contribution in [2.45, 2.75) is 148 Å². The molecule has 4 saturated heterocycles. The summed E-state index contributed by atoms with van der Waals surface area (Å²) in [6.45, 7) is 26.0. The first-order valence-corrected chi connectivity index (χ1v) is 34.2. The number of benzene rings is 3. The molecule has 0 radical (unpaired) electrons. The lowest BCUT2D eigenvalue weighted by Gasteiger charge is -2.47. The third kappa shape index (κ3) is 13.1. The number of nitrogens with one attached hydrogen (secondary N) is 1. The molecule has 2 aliphatic carbocycles. The highest BCUT2D eigenvalue weighted by Gasteiger charge is 2.47. The number of nitrogens with zero attached hydrogens (tertiary/aromatic N) is 8. The normalized spacial score (nSPS) is 21.3. The molecule has 3 aromatic carbocycles. The Labute approximate surface area is 513 Å². The van der Waals surface area contributed by atoms with Gasteiger partial charge in [-0.15, -0.1) is 5.54 Å². The van der Waals surface area contributed by atoms with Gasteiger partial charge in [0.25, 0.3) is 5.91 Å².